The Morgan fingerprint density at radius 1 is 0.484 bits per heavy atom. The van der Waals surface area contributed by atoms with E-state index in [4.69, 9.17) is 4.74 Å². The standard InChI is InChI=1S/C56H101NO5/c1-4-7-10-13-16-19-22-24-25-26-27-28-29-31-34-37-40-43-46-49-56(61)62-52(47-44-41-38-35-32-21-18-15-12-9-6-3)50-55(60)57-53(51-58)54(59)48-45-42-39-36-33-30-23-20-17-14-11-8-5-2/h7,10,16,19,24-25,27-28,31,34,52-54,58-59H,4-6,8-9,11-15,17-18,20-23,26,29-30,32-33,35-51H2,1-3H3,(H,57,60)/b10-7-,19-16-,25-24-,28-27-,34-31-. The monoisotopic (exact) mass is 868 g/mol. The number of aliphatic hydroxyl groups is 2. The highest BCUT2D eigenvalue weighted by molar-refractivity contribution is 5.77. The summed E-state index contributed by atoms with van der Waals surface area (Å²) >= 11 is 0. The number of esters is 1. The van der Waals surface area contributed by atoms with Crippen LogP contribution in [-0.2, 0) is 14.3 Å². The lowest BCUT2D eigenvalue weighted by Gasteiger charge is -2.24. The highest BCUT2D eigenvalue weighted by Gasteiger charge is 2.24. The van der Waals surface area contributed by atoms with Crippen molar-refractivity contribution >= 4 is 11.9 Å². The Labute approximate surface area is 384 Å². The molecule has 0 aromatic carbocycles. The molecular formula is C56H101NO5. The molecule has 0 aliphatic carbocycles. The molecule has 0 aromatic heterocycles. The van der Waals surface area contributed by atoms with Gasteiger partial charge < -0.3 is 20.3 Å². The number of hydrogen-bond donors (Lipinski definition) is 3. The van der Waals surface area contributed by atoms with Crippen LogP contribution in [0.2, 0.25) is 0 Å². The van der Waals surface area contributed by atoms with E-state index < -0.39 is 18.2 Å². The third-order valence-electron chi connectivity index (χ3n) is 11.9. The summed E-state index contributed by atoms with van der Waals surface area (Å²) in [7, 11) is 0. The van der Waals surface area contributed by atoms with Gasteiger partial charge in [-0.3, -0.25) is 9.59 Å². The van der Waals surface area contributed by atoms with Gasteiger partial charge in [0.05, 0.1) is 25.2 Å². The molecule has 0 fully saturated rings. The molecule has 0 spiro atoms. The molecular weight excluding hydrogens is 767 g/mol. The molecule has 0 radical (unpaired) electrons. The van der Waals surface area contributed by atoms with Gasteiger partial charge in [-0.2, -0.15) is 0 Å². The molecule has 3 unspecified atom stereocenters. The molecule has 0 rings (SSSR count). The molecule has 0 heterocycles. The number of nitrogens with one attached hydrogen (secondary N) is 1. The van der Waals surface area contributed by atoms with Crippen molar-refractivity contribution in [2.45, 2.75) is 277 Å². The van der Waals surface area contributed by atoms with Gasteiger partial charge in [-0.05, 0) is 70.6 Å². The first-order valence-electron chi connectivity index (χ1n) is 26.5. The molecule has 360 valence electrons. The van der Waals surface area contributed by atoms with Crippen molar-refractivity contribution in [1.82, 2.24) is 5.32 Å². The van der Waals surface area contributed by atoms with Crippen molar-refractivity contribution in [2.75, 3.05) is 6.61 Å². The SMILES string of the molecule is CC/C=C\C/C=C\C/C=C\C/C=C\C/C=C\CCCCCC(=O)OC(CCCCCCCCCCCCC)CC(=O)NC(CO)C(O)CCCCCCCCCCCCCCC. The summed E-state index contributed by atoms with van der Waals surface area (Å²) in [6.45, 7) is 6.36. The fraction of sp³-hybridized carbons (Fsp3) is 0.786. The molecule has 0 aromatic rings. The zero-order valence-electron chi connectivity index (χ0n) is 41.0. The smallest absolute Gasteiger partial charge is 0.306 e. The van der Waals surface area contributed by atoms with Gasteiger partial charge in [-0.15, -0.1) is 0 Å². The zero-order chi connectivity index (χ0) is 45.2. The van der Waals surface area contributed by atoms with Crippen molar-refractivity contribution in [3.8, 4) is 0 Å². The highest BCUT2D eigenvalue weighted by Crippen LogP contribution is 2.18. The van der Waals surface area contributed by atoms with E-state index >= 15 is 0 Å². The van der Waals surface area contributed by atoms with Crippen LogP contribution in [0.1, 0.15) is 258 Å². The minimum atomic E-state index is -0.793. The van der Waals surface area contributed by atoms with Gasteiger partial charge >= 0.3 is 5.97 Å². The Kier molecular flexibility index (Phi) is 47.6. The van der Waals surface area contributed by atoms with E-state index in [2.05, 4.69) is 86.8 Å². The molecule has 6 heteroatoms. The molecule has 0 bridgehead atoms. The second kappa shape index (κ2) is 49.6. The van der Waals surface area contributed by atoms with E-state index in [1.807, 2.05) is 0 Å². The quantitative estimate of drug-likeness (QED) is 0.0322. The van der Waals surface area contributed by atoms with E-state index in [0.29, 0.717) is 19.3 Å². The van der Waals surface area contributed by atoms with Gasteiger partial charge in [0.25, 0.3) is 0 Å². The molecule has 3 N–H and O–H groups in total. The number of aliphatic hydroxyl groups excluding tert-OH is 2. The van der Waals surface area contributed by atoms with Crippen LogP contribution in [0, 0.1) is 0 Å². The number of carbonyl (C=O) groups is 2. The third-order valence-corrected chi connectivity index (χ3v) is 11.9. The van der Waals surface area contributed by atoms with Crippen molar-refractivity contribution < 1.29 is 24.5 Å². The number of carbonyl (C=O) groups excluding carboxylic acids is 2. The van der Waals surface area contributed by atoms with Crippen LogP contribution in [0.3, 0.4) is 0 Å². The molecule has 62 heavy (non-hydrogen) atoms. The largest absolute Gasteiger partial charge is 0.462 e. The summed E-state index contributed by atoms with van der Waals surface area (Å²) in [6.07, 6.45) is 61.4. The van der Waals surface area contributed by atoms with Crippen LogP contribution in [-0.4, -0.2) is 46.9 Å². The molecule has 0 aliphatic heterocycles. The lowest BCUT2D eigenvalue weighted by molar-refractivity contribution is -0.151. The first-order valence-corrected chi connectivity index (χ1v) is 26.5. The van der Waals surface area contributed by atoms with Crippen LogP contribution in [0.15, 0.2) is 60.8 Å². The van der Waals surface area contributed by atoms with E-state index in [1.54, 1.807) is 0 Å². The van der Waals surface area contributed by atoms with E-state index in [9.17, 15) is 19.8 Å². The second-order valence-electron chi connectivity index (χ2n) is 17.9. The Bertz CT molecular complexity index is 1110. The van der Waals surface area contributed by atoms with Crippen molar-refractivity contribution in [1.29, 1.82) is 0 Å². The van der Waals surface area contributed by atoms with E-state index in [0.717, 1.165) is 96.3 Å². The van der Waals surface area contributed by atoms with Gasteiger partial charge in [0.2, 0.25) is 5.91 Å². The summed E-state index contributed by atoms with van der Waals surface area (Å²) < 4.78 is 5.92. The Morgan fingerprint density at radius 3 is 1.31 bits per heavy atom. The minimum Gasteiger partial charge on any atom is -0.462 e. The Hall–Kier alpha value is -2.44. The second-order valence-corrected chi connectivity index (χ2v) is 17.9. The van der Waals surface area contributed by atoms with Crippen LogP contribution in [0.4, 0.5) is 0 Å². The van der Waals surface area contributed by atoms with Crippen molar-refractivity contribution in [3.05, 3.63) is 60.8 Å². The first-order chi connectivity index (χ1) is 30.5. The molecule has 0 aliphatic rings. The van der Waals surface area contributed by atoms with Gasteiger partial charge in [0.15, 0.2) is 0 Å². The maximum atomic E-state index is 13.2. The van der Waals surface area contributed by atoms with E-state index in [-0.39, 0.29) is 24.9 Å². The number of unbranched alkanes of at least 4 members (excludes halogenated alkanes) is 25. The maximum Gasteiger partial charge on any atom is 0.306 e. The van der Waals surface area contributed by atoms with Gasteiger partial charge in [0.1, 0.15) is 6.10 Å². The molecule has 1 amide bonds. The van der Waals surface area contributed by atoms with Crippen LogP contribution in [0.5, 0.6) is 0 Å². The molecule has 6 nitrogen and oxygen atoms in total. The predicted octanol–water partition coefficient (Wildman–Crippen LogP) is 16.0. The van der Waals surface area contributed by atoms with Gasteiger partial charge in [-0.25, -0.2) is 0 Å². The van der Waals surface area contributed by atoms with Gasteiger partial charge in [0, 0.05) is 6.42 Å². The van der Waals surface area contributed by atoms with E-state index in [1.165, 1.54) is 116 Å². The first kappa shape index (κ1) is 59.6. The van der Waals surface area contributed by atoms with Crippen LogP contribution in [0.25, 0.3) is 0 Å². The third kappa shape index (κ3) is 44.2. The number of ether oxygens (including phenoxy) is 1. The number of allylic oxidation sites excluding steroid dienone is 10. The summed E-state index contributed by atoms with van der Waals surface area (Å²) in [5, 5.41) is 23.8. The number of amides is 1. The topological polar surface area (TPSA) is 95.9 Å². The average molecular weight is 868 g/mol. The summed E-state index contributed by atoms with van der Waals surface area (Å²) in [5.41, 5.74) is 0. The summed E-state index contributed by atoms with van der Waals surface area (Å²) in [6, 6.07) is -0.707. The summed E-state index contributed by atoms with van der Waals surface area (Å²) in [4.78, 5) is 26.1. The Balaban J connectivity index is 4.57. The fourth-order valence-corrected chi connectivity index (χ4v) is 7.87. The predicted molar refractivity (Wildman–Crippen MR) is 268 cm³/mol. The Morgan fingerprint density at radius 2 is 0.871 bits per heavy atom. The zero-order valence-corrected chi connectivity index (χ0v) is 41.0. The lowest BCUT2D eigenvalue weighted by atomic mass is 10.0. The molecule has 3 atom stereocenters. The number of rotatable bonds is 47. The normalized spacial score (nSPS) is 13.7. The fourth-order valence-electron chi connectivity index (χ4n) is 7.87. The molecule has 0 saturated carbocycles. The van der Waals surface area contributed by atoms with Crippen molar-refractivity contribution in [3.63, 3.8) is 0 Å². The lowest BCUT2D eigenvalue weighted by Crippen LogP contribution is -2.46. The summed E-state index contributed by atoms with van der Waals surface area (Å²) in [5.74, 6) is -0.506. The van der Waals surface area contributed by atoms with Crippen LogP contribution >= 0.6 is 0 Å². The minimum absolute atomic E-state index is 0.0650. The maximum absolute atomic E-state index is 13.2. The van der Waals surface area contributed by atoms with Crippen LogP contribution < -0.4 is 5.32 Å². The average Bonchev–Trinajstić information content (AvgIpc) is 3.26. The highest BCUT2D eigenvalue weighted by atomic mass is 16.5. The molecule has 0 saturated heterocycles. The van der Waals surface area contributed by atoms with Crippen molar-refractivity contribution in [2.24, 2.45) is 0 Å². The number of hydrogen-bond acceptors (Lipinski definition) is 5. The van der Waals surface area contributed by atoms with Gasteiger partial charge in [-0.1, -0.05) is 236 Å².